The SMILES string of the molecule is CN1CCC2=C(C1)C1=CC(F)=CCC1(C)N2C#Cc1ccncc1. The Morgan fingerprint density at radius 2 is 2.08 bits per heavy atom. The monoisotopic (exact) mass is 321 g/mol. The van der Waals surface area contributed by atoms with Crippen LogP contribution in [0.25, 0.3) is 0 Å². The number of pyridine rings is 1. The second-order valence-corrected chi connectivity index (χ2v) is 6.85. The molecule has 122 valence electrons. The normalized spacial score (nSPS) is 26.2. The van der Waals surface area contributed by atoms with Gasteiger partial charge in [0.05, 0.1) is 5.54 Å². The lowest BCUT2D eigenvalue weighted by Gasteiger charge is -2.36. The Morgan fingerprint density at radius 3 is 2.88 bits per heavy atom. The van der Waals surface area contributed by atoms with Crippen molar-refractivity contribution in [3.63, 3.8) is 0 Å². The zero-order chi connectivity index (χ0) is 16.7. The zero-order valence-electron chi connectivity index (χ0n) is 14.0. The molecule has 4 rings (SSSR count). The number of fused-ring (bicyclic) bond motifs is 2. The van der Waals surface area contributed by atoms with E-state index in [-0.39, 0.29) is 11.4 Å². The summed E-state index contributed by atoms with van der Waals surface area (Å²) in [5.74, 6) is 3.11. The van der Waals surface area contributed by atoms with Crippen LogP contribution in [0.2, 0.25) is 0 Å². The lowest BCUT2D eigenvalue weighted by Crippen LogP contribution is -2.40. The molecule has 1 aromatic heterocycles. The molecule has 0 saturated heterocycles. The van der Waals surface area contributed by atoms with Gasteiger partial charge >= 0.3 is 0 Å². The Balaban J connectivity index is 1.79. The molecule has 1 unspecified atom stereocenters. The molecule has 0 saturated carbocycles. The van der Waals surface area contributed by atoms with Crippen LogP contribution in [0, 0.1) is 12.0 Å². The molecule has 0 fully saturated rings. The third-order valence-electron chi connectivity index (χ3n) is 5.14. The van der Waals surface area contributed by atoms with Crippen molar-refractivity contribution in [3.05, 3.63) is 64.9 Å². The molecule has 3 nitrogen and oxygen atoms in total. The van der Waals surface area contributed by atoms with E-state index in [0.717, 1.165) is 30.6 Å². The summed E-state index contributed by atoms with van der Waals surface area (Å²) in [6, 6.07) is 7.17. The van der Waals surface area contributed by atoms with Gasteiger partial charge in [-0.2, -0.15) is 0 Å². The van der Waals surface area contributed by atoms with Crippen molar-refractivity contribution in [2.75, 3.05) is 20.1 Å². The summed E-state index contributed by atoms with van der Waals surface area (Å²) in [5.41, 5.74) is 4.27. The van der Waals surface area contributed by atoms with Gasteiger partial charge in [-0.15, -0.1) is 0 Å². The van der Waals surface area contributed by atoms with E-state index in [1.165, 1.54) is 11.3 Å². The summed E-state index contributed by atoms with van der Waals surface area (Å²) in [7, 11) is 2.11. The zero-order valence-corrected chi connectivity index (χ0v) is 14.0. The lowest BCUT2D eigenvalue weighted by molar-refractivity contribution is 0.273. The first kappa shape index (κ1) is 15.2. The van der Waals surface area contributed by atoms with E-state index in [4.69, 9.17) is 0 Å². The van der Waals surface area contributed by atoms with Crippen molar-refractivity contribution in [1.82, 2.24) is 14.8 Å². The van der Waals surface area contributed by atoms with E-state index >= 15 is 0 Å². The van der Waals surface area contributed by atoms with E-state index in [0.29, 0.717) is 6.42 Å². The van der Waals surface area contributed by atoms with Crippen LogP contribution in [-0.4, -0.2) is 40.5 Å². The number of allylic oxidation sites excluding steroid dienone is 2. The molecule has 4 heteroatoms. The van der Waals surface area contributed by atoms with Crippen LogP contribution in [-0.2, 0) is 0 Å². The molecule has 24 heavy (non-hydrogen) atoms. The maximum atomic E-state index is 13.9. The van der Waals surface area contributed by atoms with Gasteiger partial charge in [-0.05, 0) is 61.7 Å². The van der Waals surface area contributed by atoms with E-state index in [1.54, 1.807) is 24.5 Å². The first-order chi connectivity index (χ1) is 11.6. The molecule has 0 amide bonds. The Morgan fingerprint density at radius 1 is 1.29 bits per heavy atom. The second kappa shape index (κ2) is 5.61. The first-order valence-electron chi connectivity index (χ1n) is 8.28. The molecular weight excluding hydrogens is 301 g/mol. The van der Waals surface area contributed by atoms with Gasteiger partial charge in [-0.1, -0.05) is 0 Å². The minimum atomic E-state index is -0.272. The number of likely N-dealkylation sites (N-methyl/N-ethyl adjacent to an activating group) is 1. The van der Waals surface area contributed by atoms with Crippen LogP contribution < -0.4 is 0 Å². The van der Waals surface area contributed by atoms with Gasteiger partial charge < -0.3 is 4.90 Å². The third-order valence-corrected chi connectivity index (χ3v) is 5.14. The van der Waals surface area contributed by atoms with Crippen LogP contribution >= 0.6 is 0 Å². The average molecular weight is 321 g/mol. The van der Waals surface area contributed by atoms with E-state index in [1.807, 2.05) is 12.1 Å². The van der Waals surface area contributed by atoms with Crippen LogP contribution in [0.3, 0.4) is 0 Å². The molecule has 3 aliphatic rings. The predicted molar refractivity (Wildman–Crippen MR) is 92.4 cm³/mol. The van der Waals surface area contributed by atoms with Crippen LogP contribution in [0.1, 0.15) is 25.3 Å². The molecule has 0 bridgehead atoms. The van der Waals surface area contributed by atoms with Crippen LogP contribution in [0.15, 0.2) is 59.3 Å². The predicted octanol–water partition coefficient (Wildman–Crippen LogP) is 3.24. The fourth-order valence-corrected chi connectivity index (χ4v) is 3.80. The number of rotatable bonds is 0. The lowest BCUT2D eigenvalue weighted by atomic mass is 9.82. The van der Waals surface area contributed by atoms with Gasteiger partial charge in [0, 0.05) is 49.2 Å². The number of nitrogens with zero attached hydrogens (tertiary/aromatic N) is 3. The number of hydrogen-bond acceptors (Lipinski definition) is 3. The van der Waals surface area contributed by atoms with Crippen molar-refractivity contribution in [2.24, 2.45) is 0 Å². The summed E-state index contributed by atoms with van der Waals surface area (Å²) in [6.07, 6.45) is 8.47. The minimum Gasteiger partial charge on any atom is -0.302 e. The molecular formula is C20H20FN3. The summed E-state index contributed by atoms with van der Waals surface area (Å²) >= 11 is 0. The molecule has 0 radical (unpaired) electrons. The summed E-state index contributed by atoms with van der Waals surface area (Å²) in [6.45, 7) is 4.03. The number of halogens is 1. The minimum absolute atomic E-state index is 0.133. The van der Waals surface area contributed by atoms with Gasteiger partial charge in [0.2, 0.25) is 0 Å². The standard InChI is InChI=1S/C20H20FN3/c1-20-8-3-16(21)13-18(20)17-14-23(2)11-7-19(17)24(20)12-6-15-4-9-22-10-5-15/h3-5,9-10,13H,7-8,11,14H2,1-2H3. The third kappa shape index (κ3) is 2.37. The smallest absolute Gasteiger partial charge is 0.119 e. The van der Waals surface area contributed by atoms with Gasteiger partial charge in [-0.3, -0.25) is 9.88 Å². The molecule has 0 N–H and O–H groups in total. The van der Waals surface area contributed by atoms with Gasteiger partial charge in [0.15, 0.2) is 0 Å². The Labute approximate surface area is 142 Å². The Kier molecular flexibility index (Phi) is 3.54. The highest BCUT2D eigenvalue weighted by atomic mass is 19.1. The van der Waals surface area contributed by atoms with E-state index in [9.17, 15) is 4.39 Å². The topological polar surface area (TPSA) is 19.4 Å². The van der Waals surface area contributed by atoms with Crippen molar-refractivity contribution < 1.29 is 4.39 Å². The van der Waals surface area contributed by atoms with Crippen LogP contribution in [0.4, 0.5) is 4.39 Å². The van der Waals surface area contributed by atoms with Crippen molar-refractivity contribution in [2.45, 2.75) is 25.3 Å². The highest BCUT2D eigenvalue weighted by Gasteiger charge is 2.47. The van der Waals surface area contributed by atoms with Gasteiger partial charge in [0.25, 0.3) is 0 Å². The average Bonchev–Trinajstić information content (AvgIpc) is 2.82. The number of aromatic nitrogens is 1. The second-order valence-electron chi connectivity index (χ2n) is 6.85. The fourth-order valence-electron chi connectivity index (χ4n) is 3.80. The Hall–Kier alpha value is -2.38. The molecule has 2 aliphatic heterocycles. The maximum absolute atomic E-state index is 13.9. The van der Waals surface area contributed by atoms with Crippen molar-refractivity contribution in [1.29, 1.82) is 0 Å². The summed E-state index contributed by atoms with van der Waals surface area (Å²) in [4.78, 5) is 8.50. The van der Waals surface area contributed by atoms with E-state index in [2.05, 4.69) is 40.7 Å². The van der Waals surface area contributed by atoms with Gasteiger partial charge in [0.1, 0.15) is 5.83 Å². The molecule has 1 atom stereocenters. The molecule has 1 aromatic rings. The summed E-state index contributed by atoms with van der Waals surface area (Å²) < 4.78 is 13.9. The highest BCUT2D eigenvalue weighted by Crippen LogP contribution is 2.48. The molecule has 0 spiro atoms. The van der Waals surface area contributed by atoms with Crippen molar-refractivity contribution in [3.8, 4) is 12.0 Å². The maximum Gasteiger partial charge on any atom is 0.119 e. The Bertz CT molecular complexity index is 825. The molecule has 1 aliphatic carbocycles. The quantitative estimate of drug-likeness (QED) is 0.684. The van der Waals surface area contributed by atoms with Crippen LogP contribution in [0.5, 0.6) is 0 Å². The van der Waals surface area contributed by atoms with Gasteiger partial charge in [-0.25, -0.2) is 4.39 Å². The number of hydrogen-bond donors (Lipinski definition) is 0. The largest absolute Gasteiger partial charge is 0.302 e. The molecule has 0 aromatic carbocycles. The highest BCUT2D eigenvalue weighted by molar-refractivity contribution is 5.57. The fraction of sp³-hybridized carbons (Fsp3) is 0.350. The van der Waals surface area contributed by atoms with Crippen molar-refractivity contribution >= 4 is 0 Å². The summed E-state index contributed by atoms with van der Waals surface area (Å²) in [5, 5.41) is 0. The van der Waals surface area contributed by atoms with E-state index < -0.39 is 0 Å². The molecule has 3 heterocycles. The first-order valence-corrected chi connectivity index (χ1v) is 8.28.